The first-order valence-electron chi connectivity index (χ1n) is 7.43. The Labute approximate surface area is 126 Å². The summed E-state index contributed by atoms with van der Waals surface area (Å²) in [4.78, 5) is 0.131. The molecule has 0 heterocycles. The first-order chi connectivity index (χ1) is 9.65. The topological polar surface area (TPSA) is 46.2 Å². The van der Waals surface area contributed by atoms with E-state index in [4.69, 9.17) is 0 Å². The molecule has 1 aromatic rings. The van der Waals surface area contributed by atoms with E-state index in [2.05, 4.69) is 25.5 Å². The van der Waals surface area contributed by atoms with Crippen molar-refractivity contribution >= 4 is 10.0 Å². The zero-order valence-corrected chi connectivity index (χ0v) is 13.5. The summed E-state index contributed by atoms with van der Waals surface area (Å²) in [7, 11) is -3.61. The fourth-order valence-corrected chi connectivity index (χ4v) is 5.96. The molecule has 0 radical (unpaired) electrons. The predicted molar refractivity (Wildman–Crippen MR) is 79.7 cm³/mol. The number of hydrogen-bond acceptors (Lipinski definition) is 2. The SMILES string of the molecule is CC1(C)C2CC[C@@](C)(C2)C1NS(=O)(=O)c1ccc(F)cc1. The van der Waals surface area contributed by atoms with Gasteiger partial charge in [0.1, 0.15) is 5.82 Å². The average Bonchev–Trinajstić information content (AvgIpc) is 2.87. The lowest BCUT2D eigenvalue weighted by molar-refractivity contribution is 0.127. The number of nitrogens with one attached hydrogen (secondary N) is 1. The van der Waals surface area contributed by atoms with E-state index in [1.807, 2.05) is 0 Å². The van der Waals surface area contributed by atoms with Gasteiger partial charge in [-0.3, -0.25) is 0 Å². The highest BCUT2D eigenvalue weighted by Gasteiger charge is 2.60. The minimum atomic E-state index is -3.61. The smallest absolute Gasteiger partial charge is 0.207 e. The maximum absolute atomic E-state index is 13.0. The van der Waals surface area contributed by atoms with Crippen molar-refractivity contribution in [3.8, 4) is 0 Å². The molecule has 0 aromatic heterocycles. The van der Waals surface area contributed by atoms with Crippen molar-refractivity contribution in [1.82, 2.24) is 4.72 Å². The quantitative estimate of drug-likeness (QED) is 0.931. The first-order valence-corrected chi connectivity index (χ1v) is 8.91. The second kappa shape index (κ2) is 4.53. The normalized spacial score (nSPS) is 34.3. The molecule has 0 aliphatic heterocycles. The standard InChI is InChI=1S/C16H22FNO2S/c1-15(2)11-8-9-16(3,10-11)14(15)18-21(19,20)13-6-4-12(17)5-7-13/h4-7,11,14,18H,8-10H2,1-3H3/t11?,14?,16-/m0/s1. The van der Waals surface area contributed by atoms with Gasteiger partial charge in [0.25, 0.3) is 0 Å². The van der Waals surface area contributed by atoms with Crippen molar-refractivity contribution in [2.45, 2.75) is 51.0 Å². The van der Waals surface area contributed by atoms with E-state index in [0.717, 1.165) is 12.8 Å². The Morgan fingerprint density at radius 1 is 1.19 bits per heavy atom. The van der Waals surface area contributed by atoms with Gasteiger partial charge >= 0.3 is 0 Å². The molecule has 0 amide bonds. The Morgan fingerprint density at radius 2 is 1.81 bits per heavy atom. The van der Waals surface area contributed by atoms with E-state index in [1.54, 1.807) is 0 Å². The molecule has 0 saturated heterocycles. The van der Waals surface area contributed by atoms with Crippen LogP contribution in [0.4, 0.5) is 4.39 Å². The van der Waals surface area contributed by atoms with E-state index in [9.17, 15) is 12.8 Å². The molecule has 2 aliphatic rings. The lowest BCUT2D eigenvalue weighted by Gasteiger charge is -2.42. The van der Waals surface area contributed by atoms with Crippen LogP contribution in [0, 0.1) is 22.6 Å². The molecule has 2 unspecified atom stereocenters. The summed E-state index contributed by atoms with van der Waals surface area (Å²) in [6.07, 6.45) is 3.33. The molecule has 3 rings (SSSR count). The Kier molecular flexibility index (Phi) is 3.23. The van der Waals surface area contributed by atoms with Crippen LogP contribution in [-0.4, -0.2) is 14.5 Å². The van der Waals surface area contributed by atoms with Crippen molar-refractivity contribution in [3.63, 3.8) is 0 Å². The molecule has 3 nitrogen and oxygen atoms in total. The number of fused-ring (bicyclic) bond motifs is 2. The van der Waals surface area contributed by atoms with E-state index in [1.165, 1.54) is 30.7 Å². The molecule has 116 valence electrons. The van der Waals surface area contributed by atoms with Gasteiger partial charge in [0.05, 0.1) is 4.90 Å². The average molecular weight is 311 g/mol. The van der Waals surface area contributed by atoms with Crippen LogP contribution in [0.5, 0.6) is 0 Å². The van der Waals surface area contributed by atoms with Gasteiger partial charge in [-0.05, 0) is 60.3 Å². The number of hydrogen-bond donors (Lipinski definition) is 1. The molecule has 2 saturated carbocycles. The number of sulfonamides is 1. The molecule has 21 heavy (non-hydrogen) atoms. The summed E-state index contributed by atoms with van der Waals surface area (Å²) in [6.45, 7) is 6.49. The monoisotopic (exact) mass is 311 g/mol. The Morgan fingerprint density at radius 3 is 2.33 bits per heavy atom. The minimum absolute atomic E-state index is 0.0290. The fraction of sp³-hybridized carbons (Fsp3) is 0.625. The Balaban J connectivity index is 1.91. The summed E-state index contributed by atoms with van der Waals surface area (Å²) < 4.78 is 41.0. The highest BCUT2D eigenvalue weighted by Crippen LogP contribution is 2.62. The van der Waals surface area contributed by atoms with Gasteiger partial charge in [0, 0.05) is 6.04 Å². The van der Waals surface area contributed by atoms with Gasteiger partial charge in [-0.2, -0.15) is 0 Å². The van der Waals surface area contributed by atoms with Crippen molar-refractivity contribution < 1.29 is 12.8 Å². The maximum Gasteiger partial charge on any atom is 0.240 e. The largest absolute Gasteiger partial charge is 0.240 e. The van der Waals surface area contributed by atoms with E-state index >= 15 is 0 Å². The van der Waals surface area contributed by atoms with Crippen LogP contribution in [0.3, 0.4) is 0 Å². The zero-order valence-electron chi connectivity index (χ0n) is 12.7. The van der Waals surface area contributed by atoms with E-state index in [-0.39, 0.29) is 21.8 Å². The Hall–Kier alpha value is -0.940. The second-order valence-electron chi connectivity index (χ2n) is 7.42. The summed E-state index contributed by atoms with van der Waals surface area (Å²) in [5.41, 5.74) is -0.0125. The third kappa shape index (κ3) is 2.30. The van der Waals surface area contributed by atoms with Crippen LogP contribution < -0.4 is 4.72 Å². The van der Waals surface area contributed by atoms with Crippen LogP contribution in [0.25, 0.3) is 0 Å². The summed E-state index contributed by atoms with van der Waals surface area (Å²) in [5.74, 6) is 0.143. The zero-order chi connectivity index (χ0) is 15.5. The molecule has 1 N–H and O–H groups in total. The summed E-state index contributed by atoms with van der Waals surface area (Å²) in [6, 6.07) is 4.93. The summed E-state index contributed by atoms with van der Waals surface area (Å²) >= 11 is 0. The van der Waals surface area contributed by atoms with Gasteiger partial charge in [-0.15, -0.1) is 0 Å². The molecule has 5 heteroatoms. The first kappa shape index (κ1) is 15.0. The molecular weight excluding hydrogens is 289 g/mol. The highest BCUT2D eigenvalue weighted by molar-refractivity contribution is 7.89. The molecule has 0 spiro atoms. The third-order valence-corrected chi connectivity index (χ3v) is 7.11. The third-order valence-electron chi connectivity index (χ3n) is 5.67. The number of halogens is 1. The lowest BCUT2D eigenvalue weighted by atomic mass is 9.69. The molecule has 2 aliphatic carbocycles. The second-order valence-corrected chi connectivity index (χ2v) is 9.14. The molecule has 3 atom stereocenters. The highest BCUT2D eigenvalue weighted by atomic mass is 32.2. The predicted octanol–water partition coefficient (Wildman–Crippen LogP) is 3.32. The number of benzene rings is 1. The van der Waals surface area contributed by atoms with Gasteiger partial charge in [-0.1, -0.05) is 20.8 Å². The lowest BCUT2D eigenvalue weighted by Crippen LogP contribution is -2.52. The van der Waals surface area contributed by atoms with Crippen molar-refractivity contribution in [3.05, 3.63) is 30.1 Å². The van der Waals surface area contributed by atoms with Crippen LogP contribution >= 0.6 is 0 Å². The molecule has 2 bridgehead atoms. The number of rotatable bonds is 3. The van der Waals surface area contributed by atoms with Crippen LogP contribution in [0.15, 0.2) is 29.2 Å². The van der Waals surface area contributed by atoms with Gasteiger partial charge in [0.2, 0.25) is 10.0 Å². The van der Waals surface area contributed by atoms with Crippen molar-refractivity contribution in [2.24, 2.45) is 16.7 Å². The van der Waals surface area contributed by atoms with Crippen LogP contribution in [0.2, 0.25) is 0 Å². The Bertz CT molecular complexity index is 649. The van der Waals surface area contributed by atoms with E-state index < -0.39 is 15.8 Å². The maximum atomic E-state index is 13.0. The molecular formula is C16H22FNO2S. The van der Waals surface area contributed by atoms with Crippen molar-refractivity contribution in [1.29, 1.82) is 0 Å². The van der Waals surface area contributed by atoms with Crippen molar-refractivity contribution in [2.75, 3.05) is 0 Å². The van der Waals surface area contributed by atoms with Gasteiger partial charge in [-0.25, -0.2) is 17.5 Å². The van der Waals surface area contributed by atoms with Gasteiger partial charge in [0.15, 0.2) is 0 Å². The van der Waals surface area contributed by atoms with Crippen LogP contribution in [-0.2, 0) is 10.0 Å². The molecule has 1 aromatic carbocycles. The summed E-state index contributed by atoms with van der Waals surface area (Å²) in [5, 5.41) is 0. The minimum Gasteiger partial charge on any atom is -0.207 e. The van der Waals surface area contributed by atoms with Gasteiger partial charge < -0.3 is 0 Å². The van der Waals surface area contributed by atoms with Crippen LogP contribution in [0.1, 0.15) is 40.0 Å². The molecule has 2 fully saturated rings. The van der Waals surface area contributed by atoms with E-state index in [0.29, 0.717) is 5.92 Å². The fourth-order valence-electron chi connectivity index (χ4n) is 4.43.